The second kappa shape index (κ2) is 6.05. The standard InChI is InChI=1S/C14H22N2O2S2/c1-11-12(9-15-2)5-4-6-13(11)20(17,18)16-10-14(19-3)7-8-14/h4-6,15-16H,7-10H2,1-3H3. The number of rotatable bonds is 7. The highest BCUT2D eigenvalue weighted by atomic mass is 32.2. The lowest BCUT2D eigenvalue weighted by atomic mass is 10.1. The smallest absolute Gasteiger partial charge is 0.240 e. The molecule has 0 amide bonds. The maximum atomic E-state index is 12.5. The highest BCUT2D eigenvalue weighted by Gasteiger charge is 2.42. The monoisotopic (exact) mass is 314 g/mol. The fraction of sp³-hybridized carbons (Fsp3) is 0.571. The van der Waals surface area contributed by atoms with Crippen LogP contribution < -0.4 is 10.0 Å². The number of nitrogens with one attached hydrogen (secondary N) is 2. The van der Waals surface area contributed by atoms with Crippen LogP contribution in [0.3, 0.4) is 0 Å². The predicted octanol–water partition coefficient (Wildman–Crippen LogP) is 1.89. The van der Waals surface area contributed by atoms with E-state index < -0.39 is 10.0 Å². The molecule has 2 rings (SSSR count). The first-order chi connectivity index (χ1) is 9.44. The van der Waals surface area contributed by atoms with Gasteiger partial charge in [-0.1, -0.05) is 12.1 Å². The van der Waals surface area contributed by atoms with Crippen molar-refractivity contribution in [3.8, 4) is 0 Å². The van der Waals surface area contributed by atoms with Gasteiger partial charge in [-0.3, -0.25) is 0 Å². The Balaban J connectivity index is 2.19. The highest BCUT2D eigenvalue weighted by Crippen LogP contribution is 2.46. The van der Waals surface area contributed by atoms with Crippen LogP contribution in [0.5, 0.6) is 0 Å². The quantitative estimate of drug-likeness (QED) is 0.807. The van der Waals surface area contributed by atoms with Crippen molar-refractivity contribution in [2.75, 3.05) is 19.8 Å². The van der Waals surface area contributed by atoms with Gasteiger partial charge >= 0.3 is 0 Å². The molecule has 0 unspecified atom stereocenters. The molecular weight excluding hydrogens is 292 g/mol. The van der Waals surface area contributed by atoms with Crippen LogP contribution in [0.15, 0.2) is 23.1 Å². The Bertz CT molecular complexity index is 581. The zero-order chi connectivity index (χ0) is 14.8. The fourth-order valence-corrected chi connectivity index (χ4v) is 4.46. The number of hydrogen-bond donors (Lipinski definition) is 2. The lowest BCUT2D eigenvalue weighted by molar-refractivity contribution is 0.579. The second-order valence-electron chi connectivity index (χ2n) is 5.28. The maximum Gasteiger partial charge on any atom is 0.240 e. The van der Waals surface area contributed by atoms with Crippen molar-refractivity contribution in [3.63, 3.8) is 0 Å². The SMILES string of the molecule is CNCc1cccc(S(=O)(=O)NCC2(SC)CC2)c1C. The zero-order valence-electron chi connectivity index (χ0n) is 12.2. The molecule has 4 nitrogen and oxygen atoms in total. The Labute approximate surface area is 125 Å². The Morgan fingerprint density at radius 2 is 2.05 bits per heavy atom. The first-order valence-corrected chi connectivity index (χ1v) is 9.43. The molecular formula is C14H22N2O2S2. The predicted molar refractivity (Wildman–Crippen MR) is 84.6 cm³/mol. The minimum atomic E-state index is -3.43. The number of hydrogen-bond acceptors (Lipinski definition) is 4. The normalized spacial score (nSPS) is 17.1. The summed E-state index contributed by atoms with van der Waals surface area (Å²) in [6.45, 7) is 3.05. The molecule has 112 valence electrons. The van der Waals surface area contributed by atoms with Gasteiger partial charge in [-0.05, 0) is 50.3 Å². The van der Waals surface area contributed by atoms with Gasteiger partial charge in [0.05, 0.1) is 4.90 Å². The molecule has 0 aliphatic heterocycles. The van der Waals surface area contributed by atoms with Gasteiger partial charge in [-0.15, -0.1) is 0 Å². The van der Waals surface area contributed by atoms with Crippen LogP contribution in [0.2, 0.25) is 0 Å². The van der Waals surface area contributed by atoms with Crippen LogP contribution in [-0.4, -0.2) is 33.0 Å². The summed E-state index contributed by atoms with van der Waals surface area (Å²) >= 11 is 1.75. The van der Waals surface area contributed by atoms with E-state index in [2.05, 4.69) is 10.0 Å². The molecule has 0 aromatic heterocycles. The largest absolute Gasteiger partial charge is 0.316 e. The van der Waals surface area contributed by atoms with Crippen LogP contribution in [0.1, 0.15) is 24.0 Å². The summed E-state index contributed by atoms with van der Waals surface area (Å²) in [5.74, 6) is 0. The van der Waals surface area contributed by atoms with E-state index in [9.17, 15) is 8.42 Å². The van der Waals surface area contributed by atoms with Crippen LogP contribution in [0.25, 0.3) is 0 Å². The van der Waals surface area contributed by atoms with E-state index in [1.807, 2.05) is 26.3 Å². The molecule has 1 saturated carbocycles. The topological polar surface area (TPSA) is 58.2 Å². The highest BCUT2D eigenvalue weighted by molar-refractivity contribution is 8.00. The first-order valence-electron chi connectivity index (χ1n) is 6.72. The van der Waals surface area contributed by atoms with Crippen LogP contribution in [0.4, 0.5) is 0 Å². The molecule has 1 aromatic rings. The third-order valence-corrected chi connectivity index (χ3v) is 6.84. The summed E-state index contributed by atoms with van der Waals surface area (Å²) in [4.78, 5) is 0.391. The molecule has 0 atom stereocenters. The van der Waals surface area contributed by atoms with Crippen molar-refractivity contribution in [1.82, 2.24) is 10.0 Å². The van der Waals surface area contributed by atoms with Crippen molar-refractivity contribution in [2.24, 2.45) is 0 Å². The summed E-state index contributed by atoms with van der Waals surface area (Å²) < 4.78 is 27.8. The summed E-state index contributed by atoms with van der Waals surface area (Å²) in [6, 6.07) is 5.43. The Morgan fingerprint density at radius 1 is 1.35 bits per heavy atom. The summed E-state index contributed by atoms with van der Waals surface area (Å²) in [6.07, 6.45) is 4.23. The van der Waals surface area contributed by atoms with E-state index in [0.29, 0.717) is 18.0 Å². The van der Waals surface area contributed by atoms with Gasteiger partial charge in [-0.2, -0.15) is 11.8 Å². The van der Waals surface area contributed by atoms with E-state index in [-0.39, 0.29) is 4.75 Å². The van der Waals surface area contributed by atoms with Gasteiger partial charge in [0, 0.05) is 17.8 Å². The van der Waals surface area contributed by atoms with Gasteiger partial charge in [-0.25, -0.2) is 13.1 Å². The van der Waals surface area contributed by atoms with Crippen LogP contribution in [-0.2, 0) is 16.6 Å². The van der Waals surface area contributed by atoms with Gasteiger partial charge in [0.25, 0.3) is 0 Å². The van der Waals surface area contributed by atoms with E-state index >= 15 is 0 Å². The summed E-state index contributed by atoms with van der Waals surface area (Å²) in [5, 5.41) is 3.06. The van der Waals surface area contributed by atoms with E-state index in [1.54, 1.807) is 23.9 Å². The molecule has 20 heavy (non-hydrogen) atoms. The van der Waals surface area contributed by atoms with Crippen molar-refractivity contribution in [1.29, 1.82) is 0 Å². The molecule has 6 heteroatoms. The average molecular weight is 314 g/mol. The second-order valence-corrected chi connectivity index (χ2v) is 8.29. The average Bonchev–Trinajstić information content (AvgIpc) is 3.20. The van der Waals surface area contributed by atoms with Crippen LogP contribution in [0, 0.1) is 6.92 Å². The van der Waals surface area contributed by atoms with Crippen molar-refractivity contribution < 1.29 is 8.42 Å². The third kappa shape index (κ3) is 3.36. The molecule has 0 radical (unpaired) electrons. The fourth-order valence-electron chi connectivity index (χ4n) is 2.23. The molecule has 0 bridgehead atoms. The molecule has 0 spiro atoms. The Morgan fingerprint density at radius 3 is 2.60 bits per heavy atom. The maximum absolute atomic E-state index is 12.5. The van der Waals surface area contributed by atoms with E-state index in [1.165, 1.54) is 0 Å². The van der Waals surface area contributed by atoms with Crippen LogP contribution >= 0.6 is 11.8 Å². The lowest BCUT2D eigenvalue weighted by Crippen LogP contribution is -2.32. The number of sulfonamides is 1. The zero-order valence-corrected chi connectivity index (χ0v) is 13.8. The van der Waals surface area contributed by atoms with E-state index in [0.717, 1.165) is 24.0 Å². The lowest BCUT2D eigenvalue weighted by Gasteiger charge is -2.16. The molecule has 1 fully saturated rings. The molecule has 2 N–H and O–H groups in total. The summed E-state index contributed by atoms with van der Waals surface area (Å²) in [7, 11) is -1.57. The number of benzene rings is 1. The third-order valence-electron chi connectivity index (χ3n) is 3.88. The molecule has 0 saturated heterocycles. The van der Waals surface area contributed by atoms with E-state index in [4.69, 9.17) is 0 Å². The Kier molecular flexibility index (Phi) is 4.79. The molecule has 1 aliphatic carbocycles. The minimum Gasteiger partial charge on any atom is -0.316 e. The van der Waals surface area contributed by atoms with Gasteiger partial charge < -0.3 is 5.32 Å². The van der Waals surface area contributed by atoms with Gasteiger partial charge in [0.2, 0.25) is 10.0 Å². The Hall–Kier alpha value is -0.560. The van der Waals surface area contributed by atoms with Crippen molar-refractivity contribution in [3.05, 3.63) is 29.3 Å². The molecule has 0 heterocycles. The van der Waals surface area contributed by atoms with Gasteiger partial charge in [0.15, 0.2) is 0 Å². The van der Waals surface area contributed by atoms with Crippen molar-refractivity contribution >= 4 is 21.8 Å². The number of thioether (sulfide) groups is 1. The molecule has 1 aromatic carbocycles. The summed E-state index contributed by atoms with van der Waals surface area (Å²) in [5.41, 5.74) is 1.84. The van der Waals surface area contributed by atoms with Gasteiger partial charge in [0.1, 0.15) is 0 Å². The van der Waals surface area contributed by atoms with Crippen molar-refractivity contribution in [2.45, 2.75) is 36.0 Å². The first kappa shape index (κ1) is 15.8. The molecule has 1 aliphatic rings. The minimum absolute atomic E-state index is 0.129.